The maximum Gasteiger partial charge on any atom is 0.341 e. The fourth-order valence-corrected chi connectivity index (χ4v) is 7.03. The van der Waals surface area contributed by atoms with Gasteiger partial charge in [0.2, 0.25) is 17.7 Å². The number of aryl methyl sites for hydroxylation is 1. The average Bonchev–Trinajstić information content (AvgIpc) is 3.40. The largest absolute Gasteiger partial charge is 0.469 e. The Balaban J connectivity index is 1.50. The molecule has 9 nitrogen and oxygen atoms in total. The molecule has 10 heteroatoms. The van der Waals surface area contributed by atoms with E-state index in [0.29, 0.717) is 36.2 Å². The Labute approximate surface area is 202 Å². The van der Waals surface area contributed by atoms with Crippen LogP contribution in [0.4, 0.5) is 5.00 Å². The number of hydrogen-bond acceptors (Lipinski definition) is 8. The van der Waals surface area contributed by atoms with Crippen LogP contribution in [0.1, 0.15) is 73.2 Å². The zero-order chi connectivity index (χ0) is 25.0. The van der Waals surface area contributed by atoms with Gasteiger partial charge in [-0.2, -0.15) is 0 Å². The molecule has 4 rings (SSSR count). The van der Waals surface area contributed by atoms with Gasteiger partial charge in [0, 0.05) is 23.8 Å². The van der Waals surface area contributed by atoms with Gasteiger partial charge in [0.15, 0.2) is 0 Å². The molecule has 0 spiro atoms. The molecule has 2 aliphatic carbocycles. The first-order chi connectivity index (χ1) is 16.0. The molecule has 1 saturated carbocycles. The van der Waals surface area contributed by atoms with Crippen LogP contribution in [0.5, 0.6) is 0 Å². The summed E-state index contributed by atoms with van der Waals surface area (Å²) in [6, 6.07) is 0. The molecule has 3 aliphatic rings. The highest BCUT2D eigenvalue weighted by Crippen LogP contribution is 2.60. The van der Waals surface area contributed by atoms with Crippen molar-refractivity contribution in [1.29, 1.82) is 0 Å². The molecular weight excluding hydrogens is 460 g/mol. The lowest BCUT2D eigenvalue weighted by Crippen LogP contribution is -2.59. The second kappa shape index (κ2) is 8.48. The van der Waals surface area contributed by atoms with Crippen LogP contribution < -0.4 is 5.32 Å². The van der Waals surface area contributed by atoms with Crippen molar-refractivity contribution in [1.82, 2.24) is 4.90 Å². The molecule has 3 atom stereocenters. The van der Waals surface area contributed by atoms with Gasteiger partial charge < -0.3 is 14.8 Å². The highest BCUT2D eigenvalue weighted by molar-refractivity contribution is 7.17. The number of ether oxygens (including phenoxy) is 2. The Morgan fingerprint density at radius 2 is 1.82 bits per heavy atom. The van der Waals surface area contributed by atoms with Crippen molar-refractivity contribution in [2.45, 2.75) is 58.8 Å². The number of thiophene rings is 1. The van der Waals surface area contributed by atoms with Crippen molar-refractivity contribution in [3.63, 3.8) is 0 Å². The van der Waals surface area contributed by atoms with Crippen molar-refractivity contribution in [3.8, 4) is 0 Å². The number of fused-ring (bicyclic) bond motifs is 3. The SMILES string of the molecule is COC(=O)c1c(NC(=O)CCN2C(=O)C3CCC(C)(C2=O)C3(C)C)sc2c1C(C(=O)OC)CC2. The van der Waals surface area contributed by atoms with Gasteiger partial charge in [-0.25, -0.2) is 4.79 Å². The number of carbonyl (C=O) groups excluding carboxylic acids is 5. The van der Waals surface area contributed by atoms with Crippen LogP contribution in [0.3, 0.4) is 0 Å². The third-order valence-electron chi connectivity index (χ3n) is 8.23. The molecule has 1 N–H and O–H groups in total. The van der Waals surface area contributed by atoms with Gasteiger partial charge in [0.1, 0.15) is 5.00 Å². The summed E-state index contributed by atoms with van der Waals surface area (Å²) < 4.78 is 9.79. The molecule has 1 aliphatic heterocycles. The minimum Gasteiger partial charge on any atom is -0.469 e. The van der Waals surface area contributed by atoms with Gasteiger partial charge in [-0.3, -0.25) is 24.1 Å². The molecule has 0 radical (unpaired) electrons. The van der Waals surface area contributed by atoms with E-state index in [-0.39, 0.29) is 36.3 Å². The Kier molecular flexibility index (Phi) is 6.08. The number of likely N-dealkylation sites (tertiary alicyclic amines) is 1. The lowest BCUT2D eigenvalue weighted by molar-refractivity contribution is -0.167. The first-order valence-electron chi connectivity index (χ1n) is 11.4. The van der Waals surface area contributed by atoms with Crippen molar-refractivity contribution in [2.75, 3.05) is 26.1 Å². The van der Waals surface area contributed by atoms with Crippen molar-refractivity contribution in [3.05, 3.63) is 16.0 Å². The zero-order valence-corrected chi connectivity index (χ0v) is 20.9. The number of rotatable bonds is 6. The average molecular weight is 491 g/mol. The molecule has 1 aromatic rings. The molecule has 0 aromatic carbocycles. The Morgan fingerprint density at radius 1 is 1.12 bits per heavy atom. The second-order valence-electron chi connectivity index (χ2n) is 9.99. The van der Waals surface area contributed by atoms with Crippen molar-refractivity contribution in [2.24, 2.45) is 16.7 Å². The summed E-state index contributed by atoms with van der Waals surface area (Å²) in [5.74, 6) is -2.77. The summed E-state index contributed by atoms with van der Waals surface area (Å²) in [5.41, 5.74) is -0.325. The third kappa shape index (κ3) is 3.45. The lowest BCUT2D eigenvalue weighted by Gasteiger charge is -2.47. The predicted octanol–water partition coefficient (Wildman–Crippen LogP) is 2.88. The summed E-state index contributed by atoms with van der Waals surface area (Å²) in [7, 11) is 2.54. The summed E-state index contributed by atoms with van der Waals surface area (Å²) in [6.07, 6.45) is 2.35. The molecule has 34 heavy (non-hydrogen) atoms. The number of nitrogens with one attached hydrogen (secondary N) is 1. The van der Waals surface area contributed by atoms with E-state index in [0.717, 1.165) is 4.88 Å². The highest BCUT2D eigenvalue weighted by Gasteiger charge is 2.64. The molecule has 3 amide bonds. The summed E-state index contributed by atoms with van der Waals surface area (Å²) in [5, 5.41) is 3.05. The van der Waals surface area contributed by atoms with Crippen LogP contribution in [0.25, 0.3) is 0 Å². The first-order valence-corrected chi connectivity index (χ1v) is 12.3. The smallest absolute Gasteiger partial charge is 0.341 e. The van der Waals surface area contributed by atoms with Gasteiger partial charge in [0.05, 0.1) is 31.1 Å². The van der Waals surface area contributed by atoms with Gasteiger partial charge >= 0.3 is 11.9 Å². The van der Waals surface area contributed by atoms with Gasteiger partial charge in [0.25, 0.3) is 0 Å². The molecule has 2 heterocycles. The van der Waals surface area contributed by atoms with E-state index in [9.17, 15) is 24.0 Å². The number of methoxy groups -OCH3 is 2. The van der Waals surface area contributed by atoms with Crippen molar-refractivity contribution >= 4 is 46.0 Å². The summed E-state index contributed by atoms with van der Waals surface area (Å²) in [4.78, 5) is 65.8. The number of amides is 3. The van der Waals surface area contributed by atoms with E-state index in [1.807, 2.05) is 20.8 Å². The molecule has 3 unspecified atom stereocenters. The maximum absolute atomic E-state index is 13.2. The molecular formula is C24H30N2O7S. The zero-order valence-electron chi connectivity index (χ0n) is 20.1. The highest BCUT2D eigenvalue weighted by atomic mass is 32.1. The number of anilines is 1. The number of hydrogen-bond donors (Lipinski definition) is 1. The maximum atomic E-state index is 13.2. The van der Waals surface area contributed by atoms with Gasteiger partial charge in [-0.1, -0.05) is 20.8 Å². The molecule has 1 aromatic heterocycles. The van der Waals surface area contributed by atoms with Gasteiger partial charge in [-0.05, 0) is 36.7 Å². The molecule has 184 valence electrons. The monoisotopic (exact) mass is 490 g/mol. The molecule has 2 fully saturated rings. The van der Waals surface area contributed by atoms with E-state index in [2.05, 4.69) is 5.32 Å². The quantitative estimate of drug-likeness (QED) is 0.481. The second-order valence-corrected chi connectivity index (χ2v) is 11.1. The predicted molar refractivity (Wildman–Crippen MR) is 123 cm³/mol. The van der Waals surface area contributed by atoms with Crippen molar-refractivity contribution < 1.29 is 33.4 Å². The Bertz CT molecular complexity index is 1090. The third-order valence-corrected chi connectivity index (χ3v) is 9.41. The van der Waals surface area contributed by atoms with Gasteiger partial charge in [-0.15, -0.1) is 11.3 Å². The van der Waals surface area contributed by atoms with E-state index in [4.69, 9.17) is 9.47 Å². The number of piperidine rings is 1. The molecule has 1 saturated heterocycles. The van der Waals surface area contributed by atoms with E-state index in [1.54, 1.807) is 0 Å². The standard InChI is InChI=1S/C24H30N2O7S/c1-23(2)13-8-10-24(23,3)22(31)26(19(13)28)11-9-15(27)25-18-17(21(30)33-5)16-12(20(29)32-4)6-7-14(16)34-18/h12-13H,6-11H2,1-5H3,(H,25,27). The van der Waals surface area contributed by atoms with Crippen LogP contribution in [0, 0.1) is 16.7 Å². The van der Waals surface area contributed by atoms with E-state index < -0.39 is 34.6 Å². The number of nitrogens with zero attached hydrogens (tertiary/aromatic N) is 1. The van der Waals surface area contributed by atoms with Crippen LogP contribution in [0.2, 0.25) is 0 Å². The van der Waals surface area contributed by atoms with E-state index in [1.165, 1.54) is 30.5 Å². The van der Waals surface area contributed by atoms with Crippen LogP contribution >= 0.6 is 11.3 Å². The van der Waals surface area contributed by atoms with Crippen LogP contribution in [0.15, 0.2) is 0 Å². The molecule has 2 bridgehead atoms. The number of esters is 2. The Morgan fingerprint density at radius 3 is 2.47 bits per heavy atom. The summed E-state index contributed by atoms with van der Waals surface area (Å²) >= 11 is 1.24. The fourth-order valence-electron chi connectivity index (χ4n) is 5.75. The minimum absolute atomic E-state index is 0.0187. The minimum atomic E-state index is -0.642. The lowest BCUT2D eigenvalue weighted by atomic mass is 9.62. The Hall–Kier alpha value is -2.75. The first kappa shape index (κ1) is 24.4. The fraction of sp³-hybridized carbons (Fsp3) is 0.625. The topological polar surface area (TPSA) is 119 Å². The normalized spacial score (nSPS) is 26.9. The summed E-state index contributed by atoms with van der Waals surface area (Å²) in [6.45, 7) is 5.82. The number of imide groups is 1. The number of carbonyl (C=O) groups is 5. The van der Waals surface area contributed by atoms with Crippen LogP contribution in [-0.4, -0.2) is 55.3 Å². The van der Waals surface area contributed by atoms with Crippen LogP contribution in [-0.2, 0) is 35.1 Å². The van der Waals surface area contributed by atoms with E-state index >= 15 is 0 Å².